The van der Waals surface area contributed by atoms with E-state index < -0.39 is 5.97 Å². The lowest BCUT2D eigenvalue weighted by atomic mass is 10.2. The maximum Gasteiger partial charge on any atom is 0.341 e. The fourth-order valence-corrected chi connectivity index (χ4v) is 1.59. The van der Waals surface area contributed by atoms with Crippen molar-refractivity contribution in [2.45, 2.75) is 0 Å². The number of nitrogens with zero attached hydrogens (tertiary/aromatic N) is 2. The van der Waals surface area contributed by atoms with Crippen molar-refractivity contribution in [3.8, 4) is 11.4 Å². The molecular weight excluding hydrogens is 254 g/mol. The Labute approximate surface area is 108 Å². The molecule has 2 aromatic rings. The van der Waals surface area contributed by atoms with Crippen LogP contribution >= 0.6 is 11.6 Å². The molecule has 2 rings (SSSR count). The van der Waals surface area contributed by atoms with Crippen molar-refractivity contribution >= 4 is 23.4 Å². The molecule has 0 saturated carbocycles. The average Bonchev–Trinajstić information content (AvgIpc) is 2.38. The topological polar surface area (TPSA) is 75.1 Å². The van der Waals surface area contributed by atoms with E-state index in [2.05, 4.69) is 15.3 Å². The van der Waals surface area contributed by atoms with E-state index in [0.29, 0.717) is 10.8 Å². The molecule has 0 atom stereocenters. The first-order valence-electron chi connectivity index (χ1n) is 5.16. The zero-order valence-electron chi connectivity index (χ0n) is 9.51. The number of benzene rings is 1. The number of carboxylic acid groups (broad SMARTS) is 1. The van der Waals surface area contributed by atoms with Gasteiger partial charge in [-0.25, -0.2) is 14.8 Å². The van der Waals surface area contributed by atoms with Crippen LogP contribution in [0.4, 0.5) is 5.82 Å². The maximum absolute atomic E-state index is 10.9. The monoisotopic (exact) mass is 263 g/mol. The lowest BCUT2D eigenvalue weighted by Crippen LogP contribution is -2.07. The van der Waals surface area contributed by atoms with Gasteiger partial charge in [-0.3, -0.25) is 0 Å². The fourth-order valence-electron chi connectivity index (χ4n) is 1.47. The van der Waals surface area contributed by atoms with Crippen LogP contribution in [-0.4, -0.2) is 28.1 Å². The van der Waals surface area contributed by atoms with Gasteiger partial charge in [0, 0.05) is 23.8 Å². The Morgan fingerprint density at radius 1 is 1.33 bits per heavy atom. The predicted molar refractivity (Wildman–Crippen MR) is 69.0 cm³/mol. The quantitative estimate of drug-likeness (QED) is 0.890. The van der Waals surface area contributed by atoms with Gasteiger partial charge in [-0.15, -0.1) is 0 Å². The summed E-state index contributed by atoms with van der Waals surface area (Å²) in [5.41, 5.74) is 0.808. The number of hydrogen-bond acceptors (Lipinski definition) is 4. The van der Waals surface area contributed by atoms with E-state index in [4.69, 9.17) is 16.7 Å². The highest BCUT2D eigenvalue weighted by atomic mass is 35.5. The Balaban J connectivity index is 2.47. The second-order valence-electron chi connectivity index (χ2n) is 3.52. The van der Waals surface area contributed by atoms with Crippen LogP contribution in [0.25, 0.3) is 11.4 Å². The molecule has 0 fully saturated rings. The molecule has 0 amide bonds. The minimum absolute atomic E-state index is 0.0372. The molecular formula is C12H10ClN3O2. The van der Waals surface area contributed by atoms with Crippen LogP contribution in [0.5, 0.6) is 0 Å². The lowest BCUT2D eigenvalue weighted by Gasteiger charge is -2.06. The van der Waals surface area contributed by atoms with Gasteiger partial charge in [0.25, 0.3) is 0 Å². The molecule has 1 heterocycles. The normalized spacial score (nSPS) is 10.1. The summed E-state index contributed by atoms with van der Waals surface area (Å²) in [5, 5.41) is 12.3. The third-order valence-electron chi connectivity index (χ3n) is 2.36. The third-order valence-corrected chi connectivity index (χ3v) is 2.61. The van der Waals surface area contributed by atoms with Gasteiger partial charge < -0.3 is 10.4 Å². The largest absolute Gasteiger partial charge is 0.477 e. The number of carboxylic acids is 1. The summed E-state index contributed by atoms with van der Waals surface area (Å²) in [5.74, 6) is -0.342. The standard InChI is InChI=1S/C12H10ClN3O2/c1-14-11-9(12(17)18)6-15-10(16-11)7-2-4-8(13)5-3-7/h2-6H,1H3,(H,17,18)(H,14,15,16). The summed E-state index contributed by atoms with van der Waals surface area (Å²) in [4.78, 5) is 19.1. The summed E-state index contributed by atoms with van der Waals surface area (Å²) >= 11 is 5.79. The molecule has 6 heteroatoms. The van der Waals surface area contributed by atoms with Crippen LogP contribution in [0.1, 0.15) is 10.4 Å². The smallest absolute Gasteiger partial charge is 0.341 e. The van der Waals surface area contributed by atoms with Crippen molar-refractivity contribution in [2.24, 2.45) is 0 Å². The van der Waals surface area contributed by atoms with Crippen LogP contribution in [-0.2, 0) is 0 Å². The molecule has 0 radical (unpaired) electrons. The Morgan fingerprint density at radius 2 is 2.00 bits per heavy atom. The number of anilines is 1. The number of halogens is 1. The minimum Gasteiger partial charge on any atom is -0.477 e. The third kappa shape index (κ3) is 2.41. The van der Waals surface area contributed by atoms with E-state index in [-0.39, 0.29) is 11.4 Å². The van der Waals surface area contributed by atoms with Crippen molar-refractivity contribution in [3.05, 3.63) is 41.0 Å². The number of hydrogen-bond donors (Lipinski definition) is 2. The zero-order valence-corrected chi connectivity index (χ0v) is 10.3. The first kappa shape index (κ1) is 12.3. The minimum atomic E-state index is -1.07. The molecule has 18 heavy (non-hydrogen) atoms. The van der Waals surface area contributed by atoms with E-state index in [0.717, 1.165) is 5.56 Å². The molecule has 2 N–H and O–H groups in total. The summed E-state index contributed by atoms with van der Waals surface area (Å²) in [7, 11) is 1.61. The van der Waals surface area contributed by atoms with Crippen molar-refractivity contribution < 1.29 is 9.90 Å². The first-order valence-corrected chi connectivity index (χ1v) is 5.53. The first-order chi connectivity index (χ1) is 8.61. The van der Waals surface area contributed by atoms with Gasteiger partial charge in [-0.05, 0) is 24.3 Å². The number of aromatic nitrogens is 2. The predicted octanol–water partition coefficient (Wildman–Crippen LogP) is 2.54. The summed E-state index contributed by atoms with van der Waals surface area (Å²) in [6.07, 6.45) is 1.28. The highest BCUT2D eigenvalue weighted by molar-refractivity contribution is 6.30. The van der Waals surface area contributed by atoms with Crippen LogP contribution in [0, 0.1) is 0 Å². The highest BCUT2D eigenvalue weighted by Gasteiger charge is 2.13. The molecule has 0 aliphatic carbocycles. The van der Waals surface area contributed by atoms with Gasteiger partial charge in [-0.1, -0.05) is 11.6 Å². The van der Waals surface area contributed by atoms with E-state index in [1.165, 1.54) is 6.20 Å². The number of rotatable bonds is 3. The van der Waals surface area contributed by atoms with Crippen LogP contribution in [0.3, 0.4) is 0 Å². The van der Waals surface area contributed by atoms with Crippen molar-refractivity contribution in [3.63, 3.8) is 0 Å². The molecule has 1 aromatic heterocycles. The van der Waals surface area contributed by atoms with Crippen molar-refractivity contribution in [2.75, 3.05) is 12.4 Å². The zero-order chi connectivity index (χ0) is 13.1. The number of nitrogens with one attached hydrogen (secondary N) is 1. The summed E-state index contributed by atoms with van der Waals surface area (Å²) in [6.45, 7) is 0. The molecule has 1 aromatic carbocycles. The molecule has 0 saturated heterocycles. The maximum atomic E-state index is 10.9. The molecule has 0 aliphatic heterocycles. The Hall–Kier alpha value is -2.14. The second kappa shape index (κ2) is 5.01. The fraction of sp³-hybridized carbons (Fsp3) is 0.0833. The average molecular weight is 264 g/mol. The van der Waals surface area contributed by atoms with Crippen LogP contribution < -0.4 is 5.32 Å². The van der Waals surface area contributed by atoms with Crippen molar-refractivity contribution in [1.29, 1.82) is 0 Å². The molecule has 0 bridgehead atoms. The summed E-state index contributed by atoms with van der Waals surface area (Å²) in [6, 6.07) is 7.00. The van der Waals surface area contributed by atoms with E-state index >= 15 is 0 Å². The number of aromatic carboxylic acids is 1. The highest BCUT2D eigenvalue weighted by Crippen LogP contribution is 2.20. The van der Waals surface area contributed by atoms with Crippen molar-refractivity contribution in [1.82, 2.24) is 9.97 Å². The van der Waals surface area contributed by atoms with Gasteiger partial charge in [-0.2, -0.15) is 0 Å². The van der Waals surface area contributed by atoms with Gasteiger partial charge in [0.2, 0.25) is 0 Å². The van der Waals surface area contributed by atoms with Gasteiger partial charge in [0.05, 0.1) is 0 Å². The van der Waals surface area contributed by atoms with E-state index in [1.54, 1.807) is 31.3 Å². The van der Waals surface area contributed by atoms with Gasteiger partial charge in [0.1, 0.15) is 11.4 Å². The SMILES string of the molecule is CNc1nc(-c2ccc(Cl)cc2)ncc1C(=O)O. The van der Waals surface area contributed by atoms with Crippen LogP contribution in [0.2, 0.25) is 5.02 Å². The second-order valence-corrected chi connectivity index (χ2v) is 3.95. The molecule has 0 aliphatic rings. The molecule has 0 unspecified atom stereocenters. The summed E-state index contributed by atoms with van der Waals surface area (Å²) < 4.78 is 0. The van der Waals surface area contributed by atoms with Crippen LogP contribution in [0.15, 0.2) is 30.5 Å². The Bertz CT molecular complexity index is 584. The lowest BCUT2D eigenvalue weighted by molar-refractivity contribution is 0.0697. The van der Waals surface area contributed by atoms with Gasteiger partial charge >= 0.3 is 5.97 Å². The van der Waals surface area contributed by atoms with E-state index in [1.807, 2.05) is 0 Å². The molecule has 0 spiro atoms. The molecule has 5 nitrogen and oxygen atoms in total. The Kier molecular flexibility index (Phi) is 3.43. The number of carbonyl (C=O) groups is 1. The van der Waals surface area contributed by atoms with E-state index in [9.17, 15) is 4.79 Å². The van der Waals surface area contributed by atoms with Gasteiger partial charge in [0.15, 0.2) is 5.82 Å². The Morgan fingerprint density at radius 3 is 2.56 bits per heavy atom. The molecule has 92 valence electrons.